The molecule has 2 atom stereocenters. The van der Waals surface area contributed by atoms with Gasteiger partial charge in [-0.15, -0.1) is 0 Å². The van der Waals surface area contributed by atoms with Crippen LogP contribution in [0.1, 0.15) is 6.42 Å². The number of amides is 1. The second kappa shape index (κ2) is 4.12. The summed E-state index contributed by atoms with van der Waals surface area (Å²) in [4.78, 5) is 22.0. The van der Waals surface area contributed by atoms with Gasteiger partial charge in [0.2, 0.25) is 5.91 Å². The monoisotopic (exact) mass is 241 g/mol. The standard InChI is InChI=1S/C11H9F2NO3/c12-5-1-6(13)3-7(2-5)14-10(15)8-4-9(8)11(16)17/h1-3,8-9H,4H2,(H,14,15)(H,16,17)/t8-,9-/m1/s1. The second-order valence-electron chi connectivity index (χ2n) is 3.93. The van der Waals surface area contributed by atoms with E-state index >= 15 is 0 Å². The number of carbonyl (C=O) groups is 2. The molecule has 1 aliphatic carbocycles. The minimum Gasteiger partial charge on any atom is -0.481 e. The highest BCUT2D eigenvalue weighted by atomic mass is 19.1. The minimum atomic E-state index is -1.03. The zero-order chi connectivity index (χ0) is 12.6. The molecule has 0 heterocycles. The summed E-state index contributed by atoms with van der Waals surface area (Å²) in [7, 11) is 0. The Bertz CT molecular complexity index is 469. The lowest BCUT2D eigenvalue weighted by atomic mass is 10.2. The number of anilines is 1. The fourth-order valence-corrected chi connectivity index (χ4v) is 1.62. The SMILES string of the molecule is O=C(O)[C@@H]1C[C@H]1C(=O)Nc1cc(F)cc(F)c1. The van der Waals surface area contributed by atoms with Crippen molar-refractivity contribution < 1.29 is 23.5 Å². The van der Waals surface area contributed by atoms with E-state index in [9.17, 15) is 18.4 Å². The Labute approximate surface area is 95.2 Å². The molecule has 0 radical (unpaired) electrons. The van der Waals surface area contributed by atoms with E-state index in [1.165, 1.54) is 0 Å². The number of carbonyl (C=O) groups excluding carboxylic acids is 1. The molecule has 0 aliphatic heterocycles. The first-order valence-electron chi connectivity index (χ1n) is 4.97. The lowest BCUT2D eigenvalue weighted by Gasteiger charge is -2.04. The quantitative estimate of drug-likeness (QED) is 0.845. The van der Waals surface area contributed by atoms with Gasteiger partial charge in [0.15, 0.2) is 0 Å². The maximum absolute atomic E-state index is 12.8. The Morgan fingerprint density at radius 3 is 2.24 bits per heavy atom. The molecular weight excluding hydrogens is 232 g/mol. The molecule has 4 nitrogen and oxygen atoms in total. The van der Waals surface area contributed by atoms with Crippen molar-refractivity contribution in [3.05, 3.63) is 29.8 Å². The zero-order valence-electron chi connectivity index (χ0n) is 8.61. The van der Waals surface area contributed by atoms with Gasteiger partial charge in [0.25, 0.3) is 0 Å². The van der Waals surface area contributed by atoms with Gasteiger partial charge in [-0.05, 0) is 18.6 Å². The van der Waals surface area contributed by atoms with Crippen LogP contribution in [0.2, 0.25) is 0 Å². The lowest BCUT2D eigenvalue weighted by Crippen LogP contribution is -2.17. The molecule has 1 aromatic rings. The van der Waals surface area contributed by atoms with Crippen molar-refractivity contribution in [1.82, 2.24) is 0 Å². The van der Waals surface area contributed by atoms with E-state index in [0.717, 1.165) is 12.1 Å². The summed E-state index contributed by atoms with van der Waals surface area (Å²) >= 11 is 0. The molecule has 2 rings (SSSR count). The fourth-order valence-electron chi connectivity index (χ4n) is 1.62. The Hall–Kier alpha value is -1.98. The van der Waals surface area contributed by atoms with Crippen LogP contribution in [0, 0.1) is 23.5 Å². The van der Waals surface area contributed by atoms with E-state index in [0.29, 0.717) is 6.07 Å². The normalized spacial score (nSPS) is 22.0. The van der Waals surface area contributed by atoms with Gasteiger partial charge in [-0.2, -0.15) is 0 Å². The maximum Gasteiger partial charge on any atom is 0.307 e. The van der Waals surface area contributed by atoms with Crippen LogP contribution in [0.3, 0.4) is 0 Å². The molecule has 0 saturated heterocycles. The number of carboxylic acid groups (broad SMARTS) is 1. The highest BCUT2D eigenvalue weighted by molar-refractivity contribution is 5.98. The largest absolute Gasteiger partial charge is 0.481 e. The third kappa shape index (κ3) is 2.58. The van der Waals surface area contributed by atoms with Crippen LogP contribution in [0.15, 0.2) is 18.2 Å². The topological polar surface area (TPSA) is 66.4 Å². The van der Waals surface area contributed by atoms with Crippen LogP contribution >= 0.6 is 0 Å². The Morgan fingerprint density at radius 2 is 1.76 bits per heavy atom. The number of benzene rings is 1. The van der Waals surface area contributed by atoms with E-state index in [1.807, 2.05) is 0 Å². The van der Waals surface area contributed by atoms with Crippen molar-refractivity contribution in [3.8, 4) is 0 Å². The molecule has 1 amide bonds. The first-order valence-corrected chi connectivity index (χ1v) is 4.97. The van der Waals surface area contributed by atoms with Crippen LogP contribution in [-0.2, 0) is 9.59 Å². The third-order valence-corrected chi connectivity index (χ3v) is 2.57. The van der Waals surface area contributed by atoms with Crippen molar-refractivity contribution in [1.29, 1.82) is 0 Å². The summed E-state index contributed by atoms with van der Waals surface area (Å²) < 4.78 is 25.6. The zero-order valence-corrected chi connectivity index (χ0v) is 8.61. The Morgan fingerprint density at radius 1 is 1.18 bits per heavy atom. The molecule has 0 unspecified atom stereocenters. The number of carboxylic acids is 1. The van der Waals surface area contributed by atoms with Crippen LogP contribution < -0.4 is 5.32 Å². The average Bonchev–Trinajstić information content (AvgIpc) is 2.94. The molecule has 2 N–H and O–H groups in total. The third-order valence-electron chi connectivity index (χ3n) is 2.57. The predicted octanol–water partition coefficient (Wildman–Crippen LogP) is 1.62. The predicted molar refractivity (Wildman–Crippen MR) is 54.2 cm³/mol. The minimum absolute atomic E-state index is 0.0106. The van der Waals surface area contributed by atoms with Gasteiger partial charge < -0.3 is 10.4 Å². The summed E-state index contributed by atoms with van der Waals surface area (Å²) in [5.41, 5.74) is -0.0106. The molecule has 0 spiro atoms. The second-order valence-corrected chi connectivity index (χ2v) is 3.93. The number of rotatable bonds is 3. The van der Waals surface area contributed by atoms with Gasteiger partial charge in [-0.1, -0.05) is 0 Å². The van der Waals surface area contributed by atoms with Gasteiger partial charge in [-0.25, -0.2) is 8.78 Å². The van der Waals surface area contributed by atoms with Crippen molar-refractivity contribution >= 4 is 17.6 Å². The number of nitrogens with one attached hydrogen (secondary N) is 1. The molecule has 1 aliphatic rings. The van der Waals surface area contributed by atoms with E-state index in [1.54, 1.807) is 0 Å². The fraction of sp³-hybridized carbons (Fsp3) is 0.273. The van der Waals surface area contributed by atoms with E-state index in [-0.39, 0.29) is 12.1 Å². The smallest absolute Gasteiger partial charge is 0.307 e. The molecule has 17 heavy (non-hydrogen) atoms. The first-order chi connectivity index (χ1) is 7.97. The summed E-state index contributed by atoms with van der Waals surface area (Å²) in [6.45, 7) is 0. The van der Waals surface area contributed by atoms with Gasteiger partial charge in [0, 0.05) is 11.8 Å². The number of hydrogen-bond donors (Lipinski definition) is 2. The van der Waals surface area contributed by atoms with Gasteiger partial charge >= 0.3 is 5.97 Å². The van der Waals surface area contributed by atoms with Crippen LogP contribution in [-0.4, -0.2) is 17.0 Å². The summed E-state index contributed by atoms with van der Waals surface area (Å²) in [6, 6.07) is 2.63. The molecule has 1 aromatic carbocycles. The molecule has 1 fully saturated rings. The highest BCUT2D eigenvalue weighted by Gasteiger charge is 2.48. The van der Waals surface area contributed by atoms with Gasteiger partial charge in [-0.3, -0.25) is 9.59 Å². The van der Waals surface area contributed by atoms with E-state index < -0.39 is 35.3 Å². The summed E-state index contributed by atoms with van der Waals surface area (Å²) in [6.07, 6.45) is 0.263. The van der Waals surface area contributed by atoms with E-state index in [4.69, 9.17) is 5.11 Å². The van der Waals surface area contributed by atoms with Crippen molar-refractivity contribution in [2.45, 2.75) is 6.42 Å². The number of halogens is 2. The van der Waals surface area contributed by atoms with Crippen LogP contribution in [0.4, 0.5) is 14.5 Å². The van der Waals surface area contributed by atoms with Crippen LogP contribution in [0.5, 0.6) is 0 Å². The number of aliphatic carboxylic acids is 1. The highest BCUT2D eigenvalue weighted by Crippen LogP contribution is 2.39. The Balaban J connectivity index is 2.02. The van der Waals surface area contributed by atoms with E-state index in [2.05, 4.69) is 5.32 Å². The molecule has 6 heteroatoms. The molecule has 1 saturated carbocycles. The lowest BCUT2D eigenvalue weighted by molar-refractivity contribution is -0.139. The van der Waals surface area contributed by atoms with Gasteiger partial charge in [0.05, 0.1) is 11.8 Å². The molecule has 0 bridgehead atoms. The van der Waals surface area contributed by atoms with Crippen molar-refractivity contribution in [2.24, 2.45) is 11.8 Å². The summed E-state index contributed by atoms with van der Waals surface area (Å²) in [5, 5.41) is 10.9. The average molecular weight is 241 g/mol. The van der Waals surface area contributed by atoms with Gasteiger partial charge in [0.1, 0.15) is 11.6 Å². The van der Waals surface area contributed by atoms with Crippen molar-refractivity contribution in [2.75, 3.05) is 5.32 Å². The Kier molecular flexibility index (Phi) is 2.79. The molecular formula is C11H9F2NO3. The summed E-state index contributed by atoms with van der Waals surface area (Å²) in [5.74, 6) is -4.46. The first kappa shape index (κ1) is 11.5. The maximum atomic E-state index is 12.8. The molecule has 0 aromatic heterocycles. The van der Waals surface area contributed by atoms with Crippen LogP contribution in [0.25, 0.3) is 0 Å². The molecule has 90 valence electrons. The van der Waals surface area contributed by atoms with Crippen molar-refractivity contribution in [3.63, 3.8) is 0 Å². The number of hydrogen-bond acceptors (Lipinski definition) is 2.